The molecule has 2 amide bonds. The highest BCUT2D eigenvalue weighted by atomic mass is 32.1. The summed E-state index contributed by atoms with van der Waals surface area (Å²) in [5.41, 5.74) is 5.37. The van der Waals surface area contributed by atoms with E-state index in [0.29, 0.717) is 17.5 Å². The Bertz CT molecular complexity index is 228. The van der Waals surface area contributed by atoms with E-state index in [0.717, 1.165) is 12.8 Å². The molecule has 0 saturated heterocycles. The van der Waals surface area contributed by atoms with Crippen LogP contribution in [-0.2, 0) is 0 Å². The summed E-state index contributed by atoms with van der Waals surface area (Å²) < 4.78 is 0. The van der Waals surface area contributed by atoms with Gasteiger partial charge in [0.15, 0.2) is 0 Å². The van der Waals surface area contributed by atoms with Crippen molar-refractivity contribution in [3.05, 3.63) is 0 Å². The number of amides is 2. The van der Waals surface area contributed by atoms with E-state index in [4.69, 9.17) is 18.0 Å². The molecule has 1 saturated carbocycles. The molecule has 0 bridgehead atoms. The van der Waals surface area contributed by atoms with Gasteiger partial charge in [0.2, 0.25) is 0 Å². The zero-order chi connectivity index (χ0) is 10.6. The van der Waals surface area contributed by atoms with Gasteiger partial charge in [-0.3, -0.25) is 0 Å². The van der Waals surface area contributed by atoms with Gasteiger partial charge in [0.1, 0.15) is 0 Å². The van der Waals surface area contributed by atoms with Crippen LogP contribution < -0.4 is 16.4 Å². The Morgan fingerprint density at radius 3 is 2.71 bits per heavy atom. The second-order valence-corrected chi connectivity index (χ2v) is 4.34. The van der Waals surface area contributed by atoms with Crippen molar-refractivity contribution >= 4 is 23.2 Å². The van der Waals surface area contributed by atoms with Gasteiger partial charge < -0.3 is 16.4 Å². The zero-order valence-corrected chi connectivity index (χ0v) is 9.19. The minimum absolute atomic E-state index is 0.00702. The molecule has 14 heavy (non-hydrogen) atoms. The van der Waals surface area contributed by atoms with E-state index in [1.807, 2.05) is 6.92 Å². The molecule has 0 spiro atoms. The van der Waals surface area contributed by atoms with Gasteiger partial charge in [0.05, 0.1) is 4.99 Å². The van der Waals surface area contributed by atoms with Crippen molar-refractivity contribution in [1.29, 1.82) is 0 Å². The highest BCUT2D eigenvalue weighted by Crippen LogP contribution is 2.17. The molecule has 0 aromatic rings. The van der Waals surface area contributed by atoms with Crippen molar-refractivity contribution < 1.29 is 4.79 Å². The van der Waals surface area contributed by atoms with Gasteiger partial charge in [-0.25, -0.2) is 4.79 Å². The first-order valence-corrected chi connectivity index (χ1v) is 5.34. The van der Waals surface area contributed by atoms with Crippen molar-refractivity contribution in [2.24, 2.45) is 5.73 Å². The van der Waals surface area contributed by atoms with Gasteiger partial charge in [-0.05, 0) is 26.2 Å². The van der Waals surface area contributed by atoms with Gasteiger partial charge in [-0.15, -0.1) is 0 Å². The van der Waals surface area contributed by atoms with Gasteiger partial charge in [-0.1, -0.05) is 12.2 Å². The molecule has 0 aromatic carbocycles. The Hall–Kier alpha value is -0.840. The summed E-state index contributed by atoms with van der Waals surface area (Å²) in [7, 11) is 0. The number of nitrogens with one attached hydrogen (secondary N) is 2. The monoisotopic (exact) mass is 215 g/mol. The number of hydrogen-bond acceptors (Lipinski definition) is 2. The van der Waals surface area contributed by atoms with E-state index in [-0.39, 0.29) is 12.1 Å². The van der Waals surface area contributed by atoms with Crippen LogP contribution in [0.25, 0.3) is 0 Å². The first-order chi connectivity index (χ1) is 6.58. The van der Waals surface area contributed by atoms with E-state index < -0.39 is 0 Å². The van der Waals surface area contributed by atoms with Crippen molar-refractivity contribution in [2.75, 3.05) is 0 Å². The van der Waals surface area contributed by atoms with Crippen LogP contribution in [-0.4, -0.2) is 23.1 Å². The van der Waals surface area contributed by atoms with Crippen LogP contribution >= 0.6 is 12.2 Å². The Labute approximate surface area is 89.6 Å². The normalized spacial score (nSPS) is 18.1. The first kappa shape index (κ1) is 11.2. The fourth-order valence-electron chi connectivity index (χ4n) is 1.36. The second kappa shape index (κ2) is 5.14. The third-order valence-electron chi connectivity index (χ3n) is 2.33. The van der Waals surface area contributed by atoms with Crippen LogP contribution in [0.4, 0.5) is 4.79 Å². The number of nitrogens with two attached hydrogens (primary N) is 1. The number of carbonyl (C=O) groups is 1. The molecule has 1 atom stereocenters. The topological polar surface area (TPSA) is 67.1 Å². The molecule has 1 unspecified atom stereocenters. The molecular weight excluding hydrogens is 198 g/mol. The number of urea groups is 1. The summed E-state index contributed by atoms with van der Waals surface area (Å²) in [6.07, 6.45) is 3.95. The van der Waals surface area contributed by atoms with E-state index in [2.05, 4.69) is 10.6 Å². The van der Waals surface area contributed by atoms with Crippen LogP contribution in [0.15, 0.2) is 0 Å². The SMILES string of the molecule is CC(CC(N)=S)NC(=O)NC1CCC1. The van der Waals surface area contributed by atoms with Crippen molar-refractivity contribution in [1.82, 2.24) is 10.6 Å². The third kappa shape index (κ3) is 3.91. The summed E-state index contributed by atoms with van der Waals surface area (Å²) in [4.78, 5) is 11.8. The fourth-order valence-corrected chi connectivity index (χ4v) is 1.61. The average molecular weight is 215 g/mol. The Morgan fingerprint density at radius 1 is 1.64 bits per heavy atom. The number of thiocarbonyl (C=S) groups is 1. The number of hydrogen-bond donors (Lipinski definition) is 3. The van der Waals surface area contributed by atoms with Crippen molar-refractivity contribution in [2.45, 2.75) is 44.7 Å². The quantitative estimate of drug-likeness (QED) is 0.610. The van der Waals surface area contributed by atoms with E-state index in [1.54, 1.807) is 0 Å². The van der Waals surface area contributed by atoms with Crippen molar-refractivity contribution in [3.8, 4) is 0 Å². The van der Waals surface area contributed by atoms with Gasteiger partial charge in [0.25, 0.3) is 0 Å². The minimum atomic E-state index is -0.113. The summed E-state index contributed by atoms with van der Waals surface area (Å²) in [6.45, 7) is 1.89. The maximum atomic E-state index is 11.3. The average Bonchev–Trinajstić information content (AvgIpc) is 1.94. The summed E-state index contributed by atoms with van der Waals surface area (Å²) in [5, 5.41) is 5.68. The maximum absolute atomic E-state index is 11.3. The molecule has 4 N–H and O–H groups in total. The molecule has 1 rings (SSSR count). The van der Waals surface area contributed by atoms with E-state index in [9.17, 15) is 4.79 Å². The predicted octanol–water partition coefficient (Wildman–Crippen LogP) is 0.903. The largest absolute Gasteiger partial charge is 0.393 e. The second-order valence-electron chi connectivity index (χ2n) is 3.82. The Morgan fingerprint density at radius 2 is 2.29 bits per heavy atom. The Kier molecular flexibility index (Phi) is 4.13. The van der Waals surface area contributed by atoms with E-state index in [1.165, 1.54) is 6.42 Å². The molecule has 0 radical (unpaired) electrons. The molecule has 1 aliphatic carbocycles. The van der Waals surface area contributed by atoms with Gasteiger partial charge >= 0.3 is 6.03 Å². The predicted molar refractivity (Wildman–Crippen MR) is 60.2 cm³/mol. The standard InChI is InChI=1S/C9H17N3OS/c1-6(5-8(10)14)11-9(13)12-7-3-2-4-7/h6-7H,2-5H2,1H3,(H2,10,14)(H2,11,12,13). The zero-order valence-electron chi connectivity index (χ0n) is 8.38. The lowest BCUT2D eigenvalue weighted by molar-refractivity contribution is 0.225. The third-order valence-corrected chi connectivity index (χ3v) is 2.49. The molecule has 1 fully saturated rings. The smallest absolute Gasteiger partial charge is 0.315 e. The summed E-state index contributed by atoms with van der Waals surface area (Å²) in [6, 6.07) is 0.262. The van der Waals surface area contributed by atoms with Crippen LogP contribution in [0.1, 0.15) is 32.6 Å². The highest BCUT2D eigenvalue weighted by Gasteiger charge is 2.19. The number of rotatable bonds is 4. The molecule has 1 aliphatic rings. The molecule has 0 aliphatic heterocycles. The highest BCUT2D eigenvalue weighted by molar-refractivity contribution is 7.80. The lowest BCUT2D eigenvalue weighted by Crippen LogP contribution is -2.48. The fraction of sp³-hybridized carbons (Fsp3) is 0.778. The van der Waals surface area contributed by atoms with Gasteiger partial charge in [-0.2, -0.15) is 0 Å². The van der Waals surface area contributed by atoms with Crippen molar-refractivity contribution in [3.63, 3.8) is 0 Å². The molecule has 0 aromatic heterocycles. The lowest BCUT2D eigenvalue weighted by atomic mass is 9.93. The molecule has 5 heteroatoms. The molecular formula is C9H17N3OS. The molecule has 0 heterocycles. The lowest BCUT2D eigenvalue weighted by Gasteiger charge is -2.27. The van der Waals surface area contributed by atoms with E-state index >= 15 is 0 Å². The van der Waals surface area contributed by atoms with Crippen LogP contribution in [0, 0.1) is 0 Å². The number of carbonyl (C=O) groups excluding carboxylic acids is 1. The molecule has 80 valence electrons. The van der Waals surface area contributed by atoms with Gasteiger partial charge in [0, 0.05) is 18.5 Å². The summed E-state index contributed by atoms with van der Waals surface area (Å²) in [5.74, 6) is 0. The van der Waals surface area contributed by atoms with Crippen LogP contribution in [0.3, 0.4) is 0 Å². The van der Waals surface area contributed by atoms with Crippen LogP contribution in [0.2, 0.25) is 0 Å². The first-order valence-electron chi connectivity index (χ1n) is 4.93. The summed E-state index contributed by atoms with van der Waals surface area (Å²) >= 11 is 4.75. The maximum Gasteiger partial charge on any atom is 0.315 e. The molecule has 4 nitrogen and oxygen atoms in total. The van der Waals surface area contributed by atoms with Crippen LogP contribution in [0.5, 0.6) is 0 Å². The Balaban J connectivity index is 2.14. The minimum Gasteiger partial charge on any atom is -0.393 e.